The Bertz CT molecular complexity index is 1250. The Morgan fingerprint density at radius 2 is 1.83 bits per heavy atom. The highest BCUT2D eigenvalue weighted by Gasteiger charge is 2.42. The topological polar surface area (TPSA) is 65.0 Å². The molecular weight excluding hydrogens is 544 g/mol. The van der Waals surface area contributed by atoms with Gasteiger partial charge in [0, 0.05) is 26.9 Å². The van der Waals surface area contributed by atoms with Crippen LogP contribution in [-0.4, -0.2) is 24.8 Å². The van der Waals surface area contributed by atoms with Crippen LogP contribution in [-0.2, 0) is 9.53 Å². The lowest BCUT2D eigenvalue weighted by Gasteiger charge is -2.43. The third-order valence-electron chi connectivity index (χ3n) is 6.48. The maximum Gasteiger partial charge on any atom is 0.341 e. The molecule has 0 radical (unpaired) electrons. The van der Waals surface area contributed by atoms with Crippen molar-refractivity contribution in [3.05, 3.63) is 105 Å². The summed E-state index contributed by atoms with van der Waals surface area (Å²) in [5.41, 5.74) is 3.81. The summed E-state index contributed by atoms with van der Waals surface area (Å²) < 4.78 is 19.0. The number of carboxylic acid groups (broad SMARTS) is 1. The summed E-state index contributed by atoms with van der Waals surface area (Å²) in [5.74, 6) is -0.304. The second-order valence-electron chi connectivity index (χ2n) is 8.95. The van der Waals surface area contributed by atoms with Gasteiger partial charge in [0.15, 0.2) is 18.1 Å². The Labute approximate surface area is 224 Å². The molecule has 0 saturated carbocycles. The van der Waals surface area contributed by atoms with Gasteiger partial charge in [0.2, 0.25) is 0 Å². The Balaban J connectivity index is 1.85. The van der Waals surface area contributed by atoms with Crippen LogP contribution in [0.5, 0.6) is 11.5 Å². The van der Waals surface area contributed by atoms with Gasteiger partial charge in [0.1, 0.15) is 0 Å². The predicted octanol–water partition coefficient (Wildman–Crippen LogP) is 7.75. The first-order valence-electron chi connectivity index (χ1n) is 11.6. The van der Waals surface area contributed by atoms with E-state index in [2.05, 4.69) is 34.6 Å². The smallest absolute Gasteiger partial charge is 0.341 e. The van der Waals surface area contributed by atoms with Crippen molar-refractivity contribution in [1.29, 1.82) is 0 Å². The number of methoxy groups -OCH3 is 1. The Hall–Kier alpha value is -2.80. The molecule has 4 rings (SSSR count). The van der Waals surface area contributed by atoms with Gasteiger partial charge in [-0.25, -0.2) is 4.79 Å². The van der Waals surface area contributed by atoms with E-state index >= 15 is 0 Å². The number of rotatable bonds is 8. The Kier molecular flexibility index (Phi) is 8.39. The van der Waals surface area contributed by atoms with Gasteiger partial charge >= 0.3 is 5.97 Å². The van der Waals surface area contributed by atoms with Crippen LogP contribution >= 0.6 is 27.5 Å². The molecule has 0 spiro atoms. The number of benzene rings is 3. The van der Waals surface area contributed by atoms with Crippen LogP contribution < -0.4 is 9.47 Å². The van der Waals surface area contributed by atoms with E-state index in [4.69, 9.17) is 25.8 Å². The van der Waals surface area contributed by atoms with Crippen molar-refractivity contribution in [2.45, 2.75) is 31.5 Å². The highest BCUT2D eigenvalue weighted by atomic mass is 79.9. The third kappa shape index (κ3) is 5.77. The summed E-state index contributed by atoms with van der Waals surface area (Å²) in [5, 5.41) is 9.91. The normalized spacial score (nSPS) is 21.6. The van der Waals surface area contributed by atoms with Gasteiger partial charge < -0.3 is 19.3 Å². The van der Waals surface area contributed by atoms with Gasteiger partial charge in [-0.15, -0.1) is 0 Å². The minimum absolute atomic E-state index is 0.0556. The van der Waals surface area contributed by atoms with Gasteiger partial charge in [-0.2, -0.15) is 0 Å². The number of carboxylic acids is 1. The highest BCUT2D eigenvalue weighted by molar-refractivity contribution is 9.10. The van der Waals surface area contributed by atoms with E-state index < -0.39 is 18.7 Å². The molecule has 7 heteroatoms. The number of hydrogen-bond donors (Lipinski definition) is 1. The largest absolute Gasteiger partial charge is 0.493 e. The minimum atomic E-state index is -1.08. The van der Waals surface area contributed by atoms with Crippen molar-refractivity contribution < 1.29 is 24.1 Å². The third-order valence-corrected chi connectivity index (χ3v) is 7.18. The van der Waals surface area contributed by atoms with Crippen LogP contribution in [0.25, 0.3) is 0 Å². The average Bonchev–Trinajstić information content (AvgIpc) is 2.87. The molecule has 1 fully saturated rings. The highest BCUT2D eigenvalue weighted by Crippen LogP contribution is 2.54. The molecule has 1 aliphatic heterocycles. The molecule has 4 atom stereocenters. The lowest BCUT2D eigenvalue weighted by Crippen LogP contribution is -2.32. The predicted molar refractivity (Wildman–Crippen MR) is 144 cm³/mol. The molecule has 0 unspecified atom stereocenters. The van der Waals surface area contributed by atoms with E-state index in [0.717, 1.165) is 22.0 Å². The molecule has 1 aliphatic rings. The Morgan fingerprint density at radius 1 is 1.11 bits per heavy atom. The van der Waals surface area contributed by atoms with E-state index in [1.54, 1.807) is 6.07 Å². The summed E-state index contributed by atoms with van der Waals surface area (Å²) >= 11 is 9.94. The van der Waals surface area contributed by atoms with Gasteiger partial charge in [0.25, 0.3) is 0 Å². The molecule has 0 amide bonds. The molecular formula is C29H28BrClO5. The van der Waals surface area contributed by atoms with E-state index in [1.807, 2.05) is 55.5 Å². The summed E-state index contributed by atoms with van der Waals surface area (Å²) in [7, 11) is 1.53. The van der Waals surface area contributed by atoms with Gasteiger partial charge in [-0.1, -0.05) is 82.1 Å². The summed E-state index contributed by atoms with van der Waals surface area (Å²) in [6.45, 7) is 5.78. The fourth-order valence-electron chi connectivity index (χ4n) is 4.86. The van der Waals surface area contributed by atoms with Crippen LogP contribution in [0, 0.1) is 5.92 Å². The standard InChI is InChI=1S/C29H28BrClO5/c1-17(2)22-15-23(18-8-5-4-6-9-18)27(19-10-7-11-21(31)12-19)36-28(22)24-13-20(30)14-25(34-3)29(24)35-16-26(32)33/h4-14,22-23,27-28H,1,15-16H2,2-3H3,(H,32,33)/t22-,23-,27+,28+/m1/s1. The molecule has 0 aromatic heterocycles. The van der Waals surface area contributed by atoms with Crippen LogP contribution in [0.4, 0.5) is 0 Å². The van der Waals surface area contributed by atoms with Crippen molar-refractivity contribution in [3.63, 3.8) is 0 Å². The molecule has 0 bridgehead atoms. The summed E-state index contributed by atoms with van der Waals surface area (Å²) in [6, 6.07) is 21.7. The maximum absolute atomic E-state index is 11.3. The molecule has 1 saturated heterocycles. The molecule has 1 heterocycles. The summed E-state index contributed by atoms with van der Waals surface area (Å²) in [4.78, 5) is 11.3. The van der Waals surface area contributed by atoms with Crippen molar-refractivity contribution in [2.24, 2.45) is 5.92 Å². The van der Waals surface area contributed by atoms with Gasteiger partial charge in [-0.05, 0) is 48.7 Å². The number of aliphatic carboxylic acids is 1. The van der Waals surface area contributed by atoms with E-state index in [1.165, 1.54) is 12.7 Å². The summed E-state index contributed by atoms with van der Waals surface area (Å²) in [6.07, 6.45) is 0.0135. The molecule has 5 nitrogen and oxygen atoms in total. The van der Waals surface area contributed by atoms with E-state index in [-0.39, 0.29) is 17.9 Å². The number of carbonyl (C=O) groups is 1. The van der Waals surface area contributed by atoms with Crippen LogP contribution in [0.15, 0.2) is 83.4 Å². The fourth-order valence-corrected chi connectivity index (χ4v) is 5.52. The molecule has 3 aromatic rings. The minimum Gasteiger partial charge on any atom is -0.493 e. The zero-order chi connectivity index (χ0) is 25.8. The van der Waals surface area contributed by atoms with Gasteiger partial charge in [0.05, 0.1) is 19.3 Å². The van der Waals surface area contributed by atoms with Crippen LogP contribution in [0.2, 0.25) is 5.02 Å². The van der Waals surface area contributed by atoms with Crippen LogP contribution in [0.1, 0.15) is 48.2 Å². The number of hydrogen-bond acceptors (Lipinski definition) is 4. The van der Waals surface area contributed by atoms with Crippen molar-refractivity contribution in [2.75, 3.05) is 13.7 Å². The second-order valence-corrected chi connectivity index (χ2v) is 10.3. The molecule has 188 valence electrons. The molecule has 36 heavy (non-hydrogen) atoms. The monoisotopic (exact) mass is 570 g/mol. The molecule has 3 aromatic carbocycles. The lowest BCUT2D eigenvalue weighted by atomic mass is 9.74. The number of ether oxygens (including phenoxy) is 3. The fraction of sp³-hybridized carbons (Fsp3) is 0.276. The first-order valence-corrected chi connectivity index (χ1v) is 12.8. The van der Waals surface area contributed by atoms with Crippen molar-refractivity contribution in [1.82, 2.24) is 0 Å². The maximum atomic E-state index is 11.3. The Morgan fingerprint density at radius 3 is 2.47 bits per heavy atom. The number of halogens is 2. The van der Waals surface area contributed by atoms with E-state index in [0.29, 0.717) is 22.1 Å². The van der Waals surface area contributed by atoms with Crippen molar-refractivity contribution >= 4 is 33.5 Å². The lowest BCUT2D eigenvalue weighted by molar-refractivity contribution is -0.139. The second kappa shape index (κ2) is 11.5. The first kappa shape index (κ1) is 26.3. The zero-order valence-electron chi connectivity index (χ0n) is 20.1. The first-order chi connectivity index (χ1) is 17.3. The van der Waals surface area contributed by atoms with Crippen molar-refractivity contribution in [3.8, 4) is 11.5 Å². The van der Waals surface area contributed by atoms with Crippen LogP contribution in [0.3, 0.4) is 0 Å². The van der Waals surface area contributed by atoms with E-state index in [9.17, 15) is 9.90 Å². The molecule has 0 aliphatic carbocycles. The zero-order valence-corrected chi connectivity index (χ0v) is 22.5. The molecule has 1 N–H and O–H groups in total. The SMILES string of the molecule is C=C(C)[C@H]1C[C@H](c2ccccc2)[C@H](c2cccc(Cl)c2)O[C@@H]1c1cc(Br)cc(OC)c1OCC(=O)O. The quantitative estimate of drug-likeness (QED) is 0.280. The van der Waals surface area contributed by atoms with Gasteiger partial charge in [-0.3, -0.25) is 0 Å². The average molecular weight is 572 g/mol.